The maximum absolute atomic E-state index is 13.6. The number of hydrogen-bond donors (Lipinski definition) is 1. The normalized spacial score (nSPS) is 10.2. The van der Waals surface area contributed by atoms with Crippen molar-refractivity contribution in [2.24, 2.45) is 0 Å². The van der Waals surface area contributed by atoms with Crippen LogP contribution in [0.2, 0.25) is 0 Å². The minimum absolute atomic E-state index is 0.110. The number of carbonyl (C=O) groups is 2. The van der Waals surface area contributed by atoms with Gasteiger partial charge in [-0.3, -0.25) is 4.79 Å². The van der Waals surface area contributed by atoms with Crippen LogP contribution < -0.4 is 5.32 Å². The lowest BCUT2D eigenvalue weighted by atomic mass is 10.2. The third-order valence-electron chi connectivity index (χ3n) is 2.46. The Balaban J connectivity index is 2.26. The number of benzene rings is 1. The van der Waals surface area contributed by atoms with Crippen molar-refractivity contribution in [2.45, 2.75) is 0 Å². The molecule has 0 fully saturated rings. The maximum atomic E-state index is 13.6. The Bertz CT molecular complexity index is 671. The Labute approximate surface area is 126 Å². The Hall–Kier alpha value is -1.73. The smallest absolute Gasteiger partial charge is 0.350 e. The Morgan fingerprint density at radius 1 is 1.35 bits per heavy atom. The number of amides is 1. The number of ether oxygens (including phenoxy) is 1. The summed E-state index contributed by atoms with van der Waals surface area (Å²) >= 11 is 4.31. The number of carbonyl (C=O) groups excluding carboxylic acids is 2. The minimum atomic E-state index is -0.638. The lowest BCUT2D eigenvalue weighted by Gasteiger charge is -2.06. The van der Waals surface area contributed by atoms with Crippen LogP contribution in [0, 0.1) is 5.82 Å². The molecule has 0 saturated carbocycles. The zero-order valence-electron chi connectivity index (χ0n) is 10.3. The van der Waals surface area contributed by atoms with E-state index in [9.17, 15) is 14.0 Å². The molecule has 0 saturated heterocycles. The second kappa shape index (κ2) is 6.15. The first-order chi connectivity index (χ1) is 9.52. The summed E-state index contributed by atoms with van der Waals surface area (Å²) < 4.78 is 18.8. The number of hydrogen-bond acceptors (Lipinski definition) is 4. The number of halogens is 2. The van der Waals surface area contributed by atoms with E-state index in [2.05, 4.69) is 26.0 Å². The number of thiophene rings is 1. The molecule has 1 N–H and O–H groups in total. The molecule has 1 amide bonds. The molecule has 7 heteroatoms. The van der Waals surface area contributed by atoms with E-state index >= 15 is 0 Å². The molecule has 0 spiro atoms. The Morgan fingerprint density at radius 3 is 2.80 bits per heavy atom. The highest BCUT2D eigenvalue weighted by atomic mass is 79.9. The van der Waals surface area contributed by atoms with Crippen LogP contribution in [0.1, 0.15) is 20.0 Å². The first-order valence-electron chi connectivity index (χ1n) is 5.45. The molecule has 0 aliphatic carbocycles. The van der Waals surface area contributed by atoms with Gasteiger partial charge in [0.1, 0.15) is 10.7 Å². The van der Waals surface area contributed by atoms with Gasteiger partial charge in [-0.25, -0.2) is 9.18 Å². The van der Waals surface area contributed by atoms with Crippen molar-refractivity contribution in [1.82, 2.24) is 0 Å². The molecule has 0 unspecified atom stereocenters. The first kappa shape index (κ1) is 14.7. The van der Waals surface area contributed by atoms with Gasteiger partial charge in [0.25, 0.3) is 5.91 Å². The molecule has 1 aromatic heterocycles. The molecule has 0 aliphatic heterocycles. The molecular weight excluding hydrogens is 349 g/mol. The van der Waals surface area contributed by atoms with Crippen molar-refractivity contribution in [3.8, 4) is 0 Å². The van der Waals surface area contributed by atoms with Crippen LogP contribution in [0.3, 0.4) is 0 Å². The standard InChI is InChI=1S/C13H9BrFNO3S/c1-19-13(18)11-10(4-5-20-11)16-12(17)8-6-7(14)2-3-9(8)15/h2-6H,1H3,(H,16,17). The van der Waals surface area contributed by atoms with Gasteiger partial charge in [-0.15, -0.1) is 11.3 Å². The fourth-order valence-corrected chi connectivity index (χ4v) is 2.65. The molecule has 2 aromatic rings. The van der Waals surface area contributed by atoms with Gasteiger partial charge in [0.2, 0.25) is 0 Å². The number of nitrogens with one attached hydrogen (secondary N) is 1. The predicted molar refractivity (Wildman–Crippen MR) is 77.7 cm³/mol. The second-order valence-electron chi connectivity index (χ2n) is 3.73. The van der Waals surface area contributed by atoms with Crippen molar-refractivity contribution in [2.75, 3.05) is 12.4 Å². The number of anilines is 1. The van der Waals surface area contributed by atoms with Gasteiger partial charge in [-0.2, -0.15) is 0 Å². The van der Waals surface area contributed by atoms with Crippen LogP contribution in [-0.4, -0.2) is 19.0 Å². The quantitative estimate of drug-likeness (QED) is 0.852. The summed E-state index contributed by atoms with van der Waals surface area (Å²) in [6.07, 6.45) is 0. The van der Waals surface area contributed by atoms with Gasteiger partial charge in [0.15, 0.2) is 0 Å². The minimum Gasteiger partial charge on any atom is -0.465 e. The van der Waals surface area contributed by atoms with E-state index in [4.69, 9.17) is 0 Å². The summed E-state index contributed by atoms with van der Waals surface area (Å²) in [6, 6.07) is 5.62. The fraction of sp³-hybridized carbons (Fsp3) is 0.0769. The van der Waals surface area contributed by atoms with E-state index in [0.717, 1.165) is 11.3 Å². The zero-order chi connectivity index (χ0) is 14.7. The number of esters is 1. The summed E-state index contributed by atoms with van der Waals surface area (Å²) in [6.45, 7) is 0. The maximum Gasteiger partial charge on any atom is 0.350 e. The van der Waals surface area contributed by atoms with Crippen molar-refractivity contribution in [3.63, 3.8) is 0 Å². The molecule has 104 valence electrons. The molecule has 4 nitrogen and oxygen atoms in total. The third-order valence-corrected chi connectivity index (χ3v) is 3.84. The van der Waals surface area contributed by atoms with Gasteiger partial charge in [-0.1, -0.05) is 15.9 Å². The fourth-order valence-electron chi connectivity index (χ4n) is 1.52. The van der Waals surface area contributed by atoms with Crippen LogP contribution in [0.4, 0.5) is 10.1 Å². The van der Waals surface area contributed by atoms with Crippen molar-refractivity contribution in [3.05, 3.63) is 50.4 Å². The van der Waals surface area contributed by atoms with E-state index in [0.29, 0.717) is 10.2 Å². The average Bonchev–Trinajstić information content (AvgIpc) is 2.88. The lowest BCUT2D eigenvalue weighted by molar-refractivity contribution is 0.0607. The van der Waals surface area contributed by atoms with Gasteiger partial charge in [0.05, 0.1) is 18.4 Å². The van der Waals surface area contributed by atoms with Crippen LogP contribution in [0.25, 0.3) is 0 Å². The van der Waals surface area contributed by atoms with Gasteiger partial charge in [0, 0.05) is 4.47 Å². The number of methoxy groups -OCH3 is 1. The lowest BCUT2D eigenvalue weighted by Crippen LogP contribution is -2.15. The molecule has 0 bridgehead atoms. The van der Waals surface area contributed by atoms with E-state index in [-0.39, 0.29) is 10.4 Å². The third kappa shape index (κ3) is 3.05. The second-order valence-corrected chi connectivity index (χ2v) is 5.57. The molecule has 0 atom stereocenters. The van der Waals surface area contributed by atoms with Crippen molar-refractivity contribution in [1.29, 1.82) is 0 Å². The van der Waals surface area contributed by atoms with Crippen LogP contribution in [0.5, 0.6) is 0 Å². The van der Waals surface area contributed by atoms with Gasteiger partial charge in [-0.05, 0) is 29.6 Å². The predicted octanol–water partition coefficient (Wildman–Crippen LogP) is 3.69. The first-order valence-corrected chi connectivity index (χ1v) is 7.12. The van der Waals surface area contributed by atoms with Gasteiger partial charge >= 0.3 is 5.97 Å². The highest BCUT2D eigenvalue weighted by Gasteiger charge is 2.18. The summed E-state index contributed by atoms with van der Waals surface area (Å²) in [5, 5.41) is 4.14. The zero-order valence-corrected chi connectivity index (χ0v) is 12.7. The van der Waals surface area contributed by atoms with E-state index in [1.165, 1.54) is 25.3 Å². The summed E-state index contributed by atoms with van der Waals surface area (Å²) in [4.78, 5) is 23.8. The van der Waals surface area contributed by atoms with Crippen LogP contribution >= 0.6 is 27.3 Å². The van der Waals surface area contributed by atoms with E-state index in [1.807, 2.05) is 0 Å². The highest BCUT2D eigenvalue weighted by molar-refractivity contribution is 9.10. The SMILES string of the molecule is COC(=O)c1sccc1NC(=O)c1cc(Br)ccc1F. The number of rotatable bonds is 3. The van der Waals surface area contributed by atoms with Crippen molar-refractivity contribution >= 4 is 44.8 Å². The average molecular weight is 358 g/mol. The Kier molecular flexibility index (Phi) is 4.51. The summed E-state index contributed by atoms with van der Waals surface area (Å²) in [5.74, 6) is -1.82. The molecule has 20 heavy (non-hydrogen) atoms. The van der Waals surface area contributed by atoms with Crippen molar-refractivity contribution < 1.29 is 18.7 Å². The van der Waals surface area contributed by atoms with E-state index < -0.39 is 17.7 Å². The topological polar surface area (TPSA) is 55.4 Å². The van der Waals surface area contributed by atoms with Gasteiger partial charge < -0.3 is 10.1 Å². The molecule has 2 rings (SSSR count). The molecule has 0 radical (unpaired) electrons. The summed E-state index contributed by atoms with van der Waals surface area (Å²) in [5.41, 5.74) is 0.188. The Morgan fingerprint density at radius 2 is 2.10 bits per heavy atom. The molecule has 0 aliphatic rings. The summed E-state index contributed by atoms with van der Waals surface area (Å²) in [7, 11) is 1.25. The largest absolute Gasteiger partial charge is 0.465 e. The van der Waals surface area contributed by atoms with E-state index in [1.54, 1.807) is 11.4 Å². The monoisotopic (exact) mass is 357 g/mol. The van der Waals surface area contributed by atoms with Crippen LogP contribution in [-0.2, 0) is 4.74 Å². The molecular formula is C13H9BrFNO3S. The van der Waals surface area contributed by atoms with Crippen LogP contribution in [0.15, 0.2) is 34.1 Å². The molecule has 1 heterocycles. The highest BCUT2D eigenvalue weighted by Crippen LogP contribution is 2.24. The molecule has 1 aromatic carbocycles.